The summed E-state index contributed by atoms with van der Waals surface area (Å²) in [5.41, 5.74) is 7.09. The number of nitrogens with two attached hydrogens (primary N) is 1. The number of hydrogen-bond acceptors (Lipinski definition) is 6. The van der Waals surface area contributed by atoms with Crippen LogP contribution >= 0.6 is 23.1 Å². The quantitative estimate of drug-likeness (QED) is 0.718. The molecule has 0 aliphatic heterocycles. The van der Waals surface area contributed by atoms with E-state index < -0.39 is 0 Å². The van der Waals surface area contributed by atoms with E-state index in [2.05, 4.69) is 15.3 Å². The molecule has 102 valence electrons. The number of benzene rings is 1. The number of hydrogen-bond donors (Lipinski definition) is 2. The monoisotopic (exact) mass is 305 g/mol. The first-order chi connectivity index (χ1) is 9.72. The minimum atomic E-state index is -0.0800. The molecule has 0 spiro atoms. The van der Waals surface area contributed by atoms with Crippen LogP contribution in [-0.4, -0.2) is 20.0 Å². The van der Waals surface area contributed by atoms with E-state index in [1.54, 1.807) is 6.07 Å². The summed E-state index contributed by atoms with van der Waals surface area (Å²) < 4.78 is 2.31. The second kappa shape index (κ2) is 5.51. The fraction of sp³-hybridized carbons (Fsp3) is 0.0833. The van der Waals surface area contributed by atoms with E-state index in [0.29, 0.717) is 10.9 Å². The summed E-state index contributed by atoms with van der Waals surface area (Å²) in [6.07, 6.45) is 0. The van der Waals surface area contributed by atoms with Crippen LogP contribution in [-0.2, 0) is 5.75 Å². The minimum absolute atomic E-state index is 0.0800. The van der Waals surface area contributed by atoms with Gasteiger partial charge in [-0.2, -0.15) is 0 Å². The van der Waals surface area contributed by atoms with E-state index >= 15 is 0 Å². The summed E-state index contributed by atoms with van der Waals surface area (Å²) >= 11 is 2.83. The van der Waals surface area contributed by atoms with Gasteiger partial charge in [-0.3, -0.25) is 9.89 Å². The van der Waals surface area contributed by atoms with Gasteiger partial charge >= 0.3 is 0 Å². The van der Waals surface area contributed by atoms with Crippen molar-refractivity contribution in [2.24, 2.45) is 0 Å². The van der Waals surface area contributed by atoms with E-state index in [4.69, 9.17) is 5.73 Å². The SMILES string of the molecule is Nc1nnc(SCc2cc(=O)n(-c3ccccc3)[nH]2)s1. The Hall–Kier alpha value is -2.06. The van der Waals surface area contributed by atoms with E-state index in [-0.39, 0.29) is 5.56 Å². The summed E-state index contributed by atoms with van der Waals surface area (Å²) in [5.74, 6) is 0.615. The van der Waals surface area contributed by atoms with E-state index in [0.717, 1.165) is 15.7 Å². The molecule has 2 heterocycles. The van der Waals surface area contributed by atoms with E-state index in [1.807, 2.05) is 30.3 Å². The highest BCUT2D eigenvalue weighted by Crippen LogP contribution is 2.26. The normalized spacial score (nSPS) is 10.8. The maximum absolute atomic E-state index is 11.9. The van der Waals surface area contributed by atoms with Gasteiger partial charge in [0.2, 0.25) is 5.13 Å². The minimum Gasteiger partial charge on any atom is -0.374 e. The average Bonchev–Trinajstić information content (AvgIpc) is 3.03. The number of aromatic nitrogens is 4. The molecule has 0 fully saturated rings. The van der Waals surface area contributed by atoms with Gasteiger partial charge in [-0.15, -0.1) is 10.2 Å². The average molecular weight is 305 g/mol. The maximum Gasteiger partial charge on any atom is 0.271 e. The Morgan fingerprint density at radius 2 is 2.10 bits per heavy atom. The Morgan fingerprint density at radius 3 is 2.80 bits per heavy atom. The number of H-pyrrole nitrogens is 1. The van der Waals surface area contributed by atoms with Crippen molar-refractivity contribution in [3.8, 4) is 5.69 Å². The van der Waals surface area contributed by atoms with Crippen molar-refractivity contribution in [2.75, 3.05) is 5.73 Å². The topological polar surface area (TPSA) is 89.6 Å². The van der Waals surface area contributed by atoms with Crippen molar-refractivity contribution < 1.29 is 0 Å². The second-order valence-corrected chi connectivity index (χ2v) is 6.22. The second-order valence-electron chi connectivity index (χ2n) is 3.99. The Morgan fingerprint density at radius 1 is 1.30 bits per heavy atom. The Balaban J connectivity index is 1.77. The number of anilines is 1. The Bertz CT molecular complexity index is 762. The molecule has 0 aliphatic carbocycles. The zero-order valence-corrected chi connectivity index (χ0v) is 11.9. The summed E-state index contributed by atoms with van der Waals surface area (Å²) in [5, 5.41) is 11.2. The van der Waals surface area contributed by atoms with Crippen LogP contribution in [0.15, 0.2) is 45.5 Å². The van der Waals surface area contributed by atoms with Crippen LogP contribution in [0.2, 0.25) is 0 Å². The molecule has 3 aromatic rings. The molecule has 6 nitrogen and oxygen atoms in total. The van der Waals surface area contributed by atoms with Crippen molar-refractivity contribution in [1.82, 2.24) is 20.0 Å². The number of para-hydroxylation sites is 1. The lowest BCUT2D eigenvalue weighted by molar-refractivity contribution is 0.833. The van der Waals surface area contributed by atoms with Gasteiger partial charge in [-0.1, -0.05) is 41.3 Å². The molecule has 3 rings (SSSR count). The van der Waals surface area contributed by atoms with Crippen LogP contribution in [0.4, 0.5) is 5.13 Å². The Kier molecular flexibility index (Phi) is 3.57. The first-order valence-electron chi connectivity index (χ1n) is 5.80. The van der Waals surface area contributed by atoms with Crippen molar-refractivity contribution in [1.29, 1.82) is 0 Å². The van der Waals surface area contributed by atoms with Crippen molar-refractivity contribution >= 4 is 28.2 Å². The predicted octanol–water partition coefficient (Wildman–Crippen LogP) is 1.89. The molecule has 0 unspecified atom stereocenters. The molecule has 3 N–H and O–H groups in total. The number of rotatable bonds is 4. The first kappa shape index (κ1) is 12.9. The molecule has 0 saturated carbocycles. The van der Waals surface area contributed by atoms with Gasteiger partial charge in [0.15, 0.2) is 4.34 Å². The first-order valence-corrected chi connectivity index (χ1v) is 7.61. The standard InChI is InChI=1S/C12H11N5OS2/c13-11-14-15-12(20-11)19-7-8-6-10(18)17(16-8)9-4-2-1-3-5-9/h1-6,16H,7H2,(H2,13,14). The van der Waals surface area contributed by atoms with Crippen LogP contribution < -0.4 is 11.3 Å². The van der Waals surface area contributed by atoms with E-state index in [9.17, 15) is 4.79 Å². The third-order valence-corrected chi connectivity index (χ3v) is 4.50. The fourth-order valence-electron chi connectivity index (χ4n) is 1.71. The molecule has 0 amide bonds. The summed E-state index contributed by atoms with van der Waals surface area (Å²) in [7, 11) is 0. The molecule has 2 aromatic heterocycles. The zero-order chi connectivity index (χ0) is 13.9. The molecule has 0 atom stereocenters. The molecule has 0 bridgehead atoms. The van der Waals surface area contributed by atoms with Gasteiger partial charge in [0.25, 0.3) is 5.56 Å². The number of nitrogen functional groups attached to an aromatic ring is 1. The third-order valence-electron chi connectivity index (χ3n) is 2.56. The van der Waals surface area contributed by atoms with E-state index in [1.165, 1.54) is 27.8 Å². The lowest BCUT2D eigenvalue weighted by Gasteiger charge is -2.00. The summed E-state index contributed by atoms with van der Waals surface area (Å²) in [6, 6.07) is 11.0. The Labute approximate surface area is 122 Å². The third kappa shape index (κ3) is 2.75. The van der Waals surface area contributed by atoms with Gasteiger partial charge in [-0.25, -0.2) is 4.68 Å². The highest BCUT2D eigenvalue weighted by Gasteiger charge is 2.07. The van der Waals surface area contributed by atoms with Crippen LogP contribution in [0, 0.1) is 0 Å². The molecule has 0 radical (unpaired) electrons. The van der Waals surface area contributed by atoms with Gasteiger partial charge in [-0.05, 0) is 12.1 Å². The molecular formula is C12H11N5OS2. The van der Waals surface area contributed by atoms with Gasteiger partial charge < -0.3 is 5.73 Å². The molecule has 1 aromatic carbocycles. The highest BCUT2D eigenvalue weighted by atomic mass is 32.2. The summed E-state index contributed by atoms with van der Waals surface area (Å²) in [4.78, 5) is 11.9. The van der Waals surface area contributed by atoms with Gasteiger partial charge in [0.1, 0.15) is 0 Å². The van der Waals surface area contributed by atoms with Crippen LogP contribution in [0.5, 0.6) is 0 Å². The van der Waals surface area contributed by atoms with Crippen molar-refractivity contribution in [3.63, 3.8) is 0 Å². The number of nitrogens with zero attached hydrogens (tertiary/aromatic N) is 3. The molecule has 8 heteroatoms. The van der Waals surface area contributed by atoms with Crippen molar-refractivity contribution in [3.05, 3.63) is 52.4 Å². The molecule has 0 saturated heterocycles. The predicted molar refractivity (Wildman–Crippen MR) is 80.3 cm³/mol. The molecular weight excluding hydrogens is 294 g/mol. The highest BCUT2D eigenvalue weighted by molar-refractivity contribution is 8.00. The van der Waals surface area contributed by atoms with Crippen LogP contribution in [0.25, 0.3) is 5.69 Å². The van der Waals surface area contributed by atoms with Crippen LogP contribution in [0.3, 0.4) is 0 Å². The van der Waals surface area contributed by atoms with Gasteiger partial charge in [0.05, 0.1) is 5.69 Å². The number of thioether (sulfide) groups is 1. The van der Waals surface area contributed by atoms with Crippen LogP contribution in [0.1, 0.15) is 5.69 Å². The summed E-state index contributed by atoms with van der Waals surface area (Å²) in [6.45, 7) is 0. The lowest BCUT2D eigenvalue weighted by atomic mass is 10.3. The molecule has 20 heavy (non-hydrogen) atoms. The van der Waals surface area contributed by atoms with Gasteiger partial charge in [0, 0.05) is 17.5 Å². The zero-order valence-electron chi connectivity index (χ0n) is 10.3. The maximum atomic E-state index is 11.9. The molecule has 0 aliphatic rings. The fourth-order valence-corrected chi connectivity index (χ4v) is 3.24. The number of aromatic amines is 1. The van der Waals surface area contributed by atoms with Crippen molar-refractivity contribution in [2.45, 2.75) is 10.1 Å². The largest absolute Gasteiger partial charge is 0.374 e. The number of nitrogens with one attached hydrogen (secondary N) is 1. The smallest absolute Gasteiger partial charge is 0.271 e. The lowest BCUT2D eigenvalue weighted by Crippen LogP contribution is -2.12.